The van der Waals surface area contributed by atoms with Gasteiger partial charge in [-0.1, -0.05) is 45.4 Å². The molecule has 15 heavy (non-hydrogen) atoms. The summed E-state index contributed by atoms with van der Waals surface area (Å²) in [6, 6.07) is 0. The SMILES string of the molecule is CCCCCCCCC(O)COC(N)=O. The standard InChI is InChI=1S/C11H23NO3/c1-2-3-4-5-6-7-8-10(13)9-15-11(12)14/h10,13H,2-9H2,1H3,(H2,12,14). The number of rotatable bonds is 9. The summed E-state index contributed by atoms with van der Waals surface area (Å²) >= 11 is 0. The number of hydrogen-bond acceptors (Lipinski definition) is 3. The fourth-order valence-electron chi connectivity index (χ4n) is 1.42. The van der Waals surface area contributed by atoms with E-state index in [4.69, 9.17) is 5.73 Å². The van der Waals surface area contributed by atoms with E-state index >= 15 is 0 Å². The molecule has 1 unspecified atom stereocenters. The minimum absolute atomic E-state index is 0.0181. The molecule has 90 valence electrons. The molecule has 0 saturated carbocycles. The van der Waals surface area contributed by atoms with E-state index in [2.05, 4.69) is 11.7 Å². The van der Waals surface area contributed by atoms with Crippen LogP contribution >= 0.6 is 0 Å². The zero-order valence-corrected chi connectivity index (χ0v) is 9.58. The van der Waals surface area contributed by atoms with E-state index in [0.29, 0.717) is 6.42 Å². The maximum atomic E-state index is 10.2. The number of aliphatic hydroxyl groups excluding tert-OH is 1. The maximum absolute atomic E-state index is 10.2. The number of ether oxygens (including phenoxy) is 1. The lowest BCUT2D eigenvalue weighted by atomic mass is 10.1. The quantitative estimate of drug-likeness (QED) is 0.581. The fourth-order valence-corrected chi connectivity index (χ4v) is 1.42. The summed E-state index contributed by atoms with van der Waals surface area (Å²) in [5.74, 6) is 0. The van der Waals surface area contributed by atoms with Gasteiger partial charge in [-0.25, -0.2) is 4.79 Å². The van der Waals surface area contributed by atoms with Crippen LogP contribution in [0.4, 0.5) is 4.79 Å². The molecule has 0 rings (SSSR count). The number of carbonyl (C=O) groups is 1. The van der Waals surface area contributed by atoms with Crippen LogP contribution in [0, 0.1) is 0 Å². The van der Waals surface area contributed by atoms with Crippen LogP contribution in [0.25, 0.3) is 0 Å². The highest BCUT2D eigenvalue weighted by molar-refractivity contribution is 5.64. The Balaban J connectivity index is 3.16. The van der Waals surface area contributed by atoms with E-state index in [1.165, 1.54) is 25.7 Å². The zero-order chi connectivity index (χ0) is 11.5. The maximum Gasteiger partial charge on any atom is 0.404 e. The van der Waals surface area contributed by atoms with Crippen LogP contribution in [-0.2, 0) is 4.74 Å². The summed E-state index contributed by atoms with van der Waals surface area (Å²) in [6.07, 6.45) is 6.42. The van der Waals surface area contributed by atoms with E-state index in [1.54, 1.807) is 0 Å². The van der Waals surface area contributed by atoms with Crippen LogP contribution in [0.5, 0.6) is 0 Å². The third kappa shape index (κ3) is 11.2. The summed E-state index contributed by atoms with van der Waals surface area (Å²) in [6.45, 7) is 2.20. The Hall–Kier alpha value is -0.770. The first-order chi connectivity index (χ1) is 7.16. The van der Waals surface area contributed by atoms with Gasteiger partial charge in [0.15, 0.2) is 0 Å². The van der Waals surface area contributed by atoms with Gasteiger partial charge >= 0.3 is 6.09 Å². The van der Waals surface area contributed by atoms with Crippen LogP contribution in [0.1, 0.15) is 51.9 Å². The van der Waals surface area contributed by atoms with Crippen molar-refractivity contribution >= 4 is 6.09 Å². The molecule has 4 nitrogen and oxygen atoms in total. The van der Waals surface area contributed by atoms with Crippen LogP contribution < -0.4 is 5.73 Å². The number of unbranched alkanes of at least 4 members (excludes halogenated alkanes) is 5. The lowest BCUT2D eigenvalue weighted by Gasteiger charge is -2.09. The summed E-state index contributed by atoms with van der Waals surface area (Å²) in [7, 11) is 0. The van der Waals surface area contributed by atoms with Crippen molar-refractivity contribution in [3.63, 3.8) is 0 Å². The molecule has 0 spiro atoms. The fraction of sp³-hybridized carbons (Fsp3) is 0.909. The molecule has 3 N–H and O–H groups in total. The van der Waals surface area contributed by atoms with Crippen molar-refractivity contribution in [2.45, 2.75) is 58.0 Å². The van der Waals surface area contributed by atoms with Gasteiger partial charge in [-0.05, 0) is 6.42 Å². The normalized spacial score (nSPS) is 12.4. The van der Waals surface area contributed by atoms with Gasteiger partial charge in [-0.2, -0.15) is 0 Å². The van der Waals surface area contributed by atoms with E-state index in [9.17, 15) is 9.90 Å². The molecule has 0 bridgehead atoms. The molecular weight excluding hydrogens is 194 g/mol. The first-order valence-electron chi connectivity index (χ1n) is 5.77. The van der Waals surface area contributed by atoms with E-state index in [1.807, 2.05) is 0 Å². The van der Waals surface area contributed by atoms with Gasteiger partial charge in [0, 0.05) is 0 Å². The lowest BCUT2D eigenvalue weighted by molar-refractivity contribution is 0.0664. The molecule has 0 fully saturated rings. The minimum atomic E-state index is -0.822. The number of hydrogen-bond donors (Lipinski definition) is 2. The van der Waals surface area contributed by atoms with Gasteiger partial charge in [-0.3, -0.25) is 0 Å². The second-order valence-electron chi connectivity index (χ2n) is 3.84. The van der Waals surface area contributed by atoms with Gasteiger partial charge in [0.25, 0.3) is 0 Å². The van der Waals surface area contributed by atoms with Crippen molar-refractivity contribution in [3.05, 3.63) is 0 Å². The Kier molecular flexibility index (Phi) is 9.27. The average Bonchev–Trinajstić information content (AvgIpc) is 2.20. The van der Waals surface area contributed by atoms with Gasteiger partial charge in [0.05, 0.1) is 6.10 Å². The second-order valence-corrected chi connectivity index (χ2v) is 3.84. The Morgan fingerprint density at radius 1 is 1.27 bits per heavy atom. The Labute approximate surface area is 91.8 Å². The Bertz CT molecular complexity index is 162. The highest BCUT2D eigenvalue weighted by atomic mass is 16.6. The third-order valence-electron chi connectivity index (χ3n) is 2.31. The molecule has 0 aromatic rings. The summed E-state index contributed by atoms with van der Waals surface area (Å²) in [5, 5.41) is 9.37. The largest absolute Gasteiger partial charge is 0.447 e. The van der Waals surface area contributed by atoms with Gasteiger partial charge in [0.2, 0.25) is 0 Å². The van der Waals surface area contributed by atoms with E-state index < -0.39 is 12.2 Å². The number of nitrogens with two attached hydrogens (primary N) is 1. The second kappa shape index (κ2) is 9.77. The van der Waals surface area contributed by atoms with Crippen molar-refractivity contribution in [2.24, 2.45) is 5.73 Å². The van der Waals surface area contributed by atoms with Crippen LogP contribution in [0.2, 0.25) is 0 Å². The van der Waals surface area contributed by atoms with Crippen molar-refractivity contribution in [1.82, 2.24) is 0 Å². The van der Waals surface area contributed by atoms with Crippen molar-refractivity contribution < 1.29 is 14.6 Å². The lowest BCUT2D eigenvalue weighted by Crippen LogP contribution is -2.21. The van der Waals surface area contributed by atoms with Gasteiger partial charge in [-0.15, -0.1) is 0 Å². The Morgan fingerprint density at radius 2 is 1.87 bits per heavy atom. The predicted octanol–water partition coefficient (Wildman–Crippen LogP) is 2.19. The number of carbonyl (C=O) groups excluding carboxylic acids is 1. The summed E-state index contributed by atoms with van der Waals surface area (Å²) in [4.78, 5) is 10.2. The number of primary amides is 1. The molecule has 1 atom stereocenters. The molecule has 0 aromatic heterocycles. The average molecular weight is 217 g/mol. The molecule has 0 aromatic carbocycles. The van der Waals surface area contributed by atoms with Crippen molar-refractivity contribution in [1.29, 1.82) is 0 Å². The molecule has 0 aliphatic carbocycles. The molecule has 0 aliphatic heterocycles. The molecule has 0 heterocycles. The van der Waals surface area contributed by atoms with E-state index in [0.717, 1.165) is 12.8 Å². The van der Waals surface area contributed by atoms with Gasteiger partial charge in [0.1, 0.15) is 6.61 Å². The number of aliphatic hydroxyl groups is 1. The van der Waals surface area contributed by atoms with Crippen LogP contribution in [-0.4, -0.2) is 23.9 Å². The first kappa shape index (κ1) is 14.2. The van der Waals surface area contributed by atoms with E-state index in [-0.39, 0.29) is 6.61 Å². The highest BCUT2D eigenvalue weighted by Gasteiger charge is 2.05. The molecule has 0 aliphatic rings. The highest BCUT2D eigenvalue weighted by Crippen LogP contribution is 2.08. The van der Waals surface area contributed by atoms with Crippen molar-refractivity contribution in [2.75, 3.05) is 6.61 Å². The van der Waals surface area contributed by atoms with Gasteiger partial charge < -0.3 is 15.6 Å². The monoisotopic (exact) mass is 217 g/mol. The number of amides is 1. The van der Waals surface area contributed by atoms with Crippen LogP contribution in [0.3, 0.4) is 0 Å². The molecule has 0 saturated heterocycles. The molecule has 0 radical (unpaired) electrons. The van der Waals surface area contributed by atoms with Crippen LogP contribution in [0.15, 0.2) is 0 Å². The topological polar surface area (TPSA) is 72.6 Å². The zero-order valence-electron chi connectivity index (χ0n) is 9.58. The van der Waals surface area contributed by atoms with Crippen molar-refractivity contribution in [3.8, 4) is 0 Å². The Morgan fingerprint density at radius 3 is 2.47 bits per heavy atom. The molecule has 1 amide bonds. The predicted molar refractivity (Wildman–Crippen MR) is 59.5 cm³/mol. The summed E-state index contributed by atoms with van der Waals surface area (Å²) in [5.41, 5.74) is 4.78. The molecule has 4 heteroatoms. The first-order valence-corrected chi connectivity index (χ1v) is 5.77. The summed E-state index contributed by atoms with van der Waals surface area (Å²) < 4.78 is 4.49. The third-order valence-corrected chi connectivity index (χ3v) is 2.31. The minimum Gasteiger partial charge on any atom is -0.447 e. The molecular formula is C11H23NO3. The smallest absolute Gasteiger partial charge is 0.404 e.